The lowest BCUT2D eigenvalue weighted by Crippen LogP contribution is -1.99. The first-order valence-corrected chi connectivity index (χ1v) is 5.80. The van der Waals surface area contributed by atoms with E-state index in [1.54, 1.807) is 7.11 Å². The number of nitrogens with zero attached hydrogens (tertiary/aromatic N) is 1. The van der Waals surface area contributed by atoms with Gasteiger partial charge in [-0.25, -0.2) is 0 Å². The number of nitrogens with one attached hydrogen (secondary N) is 1. The summed E-state index contributed by atoms with van der Waals surface area (Å²) in [7, 11) is 1.59. The molecule has 19 heavy (non-hydrogen) atoms. The highest BCUT2D eigenvalue weighted by molar-refractivity contribution is 5.77. The molecule has 4 N–H and O–H groups in total. The molecule has 0 amide bonds. The molecule has 0 unspecified atom stereocenters. The Hall–Kier alpha value is -2.50. The maximum atomic E-state index is 10.6. The predicted octanol–water partition coefficient (Wildman–Crippen LogP) is 1.68. The highest BCUT2D eigenvalue weighted by atomic mass is 16.5. The fraction of sp³-hybridized carbons (Fsp3) is 0.231. The van der Waals surface area contributed by atoms with Gasteiger partial charge in [-0.2, -0.15) is 5.10 Å². The van der Waals surface area contributed by atoms with Crippen molar-refractivity contribution in [2.75, 3.05) is 12.8 Å². The largest absolute Gasteiger partial charge is 0.497 e. The number of hydrogen-bond acceptors (Lipinski definition) is 4. The number of ether oxygens (including phenoxy) is 1. The quantitative estimate of drug-likeness (QED) is 0.760. The lowest BCUT2D eigenvalue weighted by molar-refractivity contribution is -0.136. The van der Waals surface area contributed by atoms with Gasteiger partial charge in [0.1, 0.15) is 5.75 Å². The predicted molar refractivity (Wildman–Crippen MR) is 70.9 cm³/mol. The van der Waals surface area contributed by atoms with Crippen LogP contribution < -0.4 is 10.5 Å². The standard InChI is InChI=1S/C13H15N3O3/c1-19-9-4-2-3-8(7-9)12-10(5-6-11(17)18)15-16-13(12)14/h2-4,7H,5-6H2,1H3,(H,17,18)(H3,14,15,16). The molecule has 1 aromatic heterocycles. The van der Waals surface area contributed by atoms with Crippen molar-refractivity contribution in [3.63, 3.8) is 0 Å². The Labute approximate surface area is 110 Å². The van der Waals surface area contributed by atoms with Crippen molar-refractivity contribution >= 4 is 11.8 Å². The number of aromatic amines is 1. The summed E-state index contributed by atoms with van der Waals surface area (Å²) in [5, 5.41) is 15.5. The molecule has 0 fully saturated rings. The molecule has 0 radical (unpaired) electrons. The van der Waals surface area contributed by atoms with Crippen LogP contribution in [0.1, 0.15) is 12.1 Å². The first-order valence-electron chi connectivity index (χ1n) is 5.80. The molecule has 0 spiro atoms. The van der Waals surface area contributed by atoms with Crippen molar-refractivity contribution in [3.05, 3.63) is 30.0 Å². The van der Waals surface area contributed by atoms with Gasteiger partial charge in [0.05, 0.1) is 13.5 Å². The lowest BCUT2D eigenvalue weighted by Gasteiger charge is -2.06. The number of hydrogen-bond donors (Lipinski definition) is 3. The van der Waals surface area contributed by atoms with Crippen molar-refractivity contribution < 1.29 is 14.6 Å². The number of rotatable bonds is 5. The van der Waals surface area contributed by atoms with Crippen LogP contribution in [0.2, 0.25) is 0 Å². The van der Waals surface area contributed by atoms with Crippen molar-refractivity contribution in [1.82, 2.24) is 10.2 Å². The van der Waals surface area contributed by atoms with Crippen LogP contribution in [0.4, 0.5) is 5.82 Å². The first kappa shape index (κ1) is 12.9. The Balaban J connectivity index is 2.37. The van der Waals surface area contributed by atoms with Crippen molar-refractivity contribution in [2.45, 2.75) is 12.8 Å². The third kappa shape index (κ3) is 2.85. The molecule has 0 aliphatic carbocycles. The third-order valence-corrected chi connectivity index (χ3v) is 2.82. The second-order valence-corrected chi connectivity index (χ2v) is 4.09. The summed E-state index contributed by atoms with van der Waals surface area (Å²) in [4.78, 5) is 10.6. The minimum atomic E-state index is -0.857. The van der Waals surface area contributed by atoms with E-state index in [-0.39, 0.29) is 6.42 Å². The van der Waals surface area contributed by atoms with Gasteiger partial charge in [-0.1, -0.05) is 12.1 Å². The lowest BCUT2D eigenvalue weighted by atomic mass is 10.0. The van der Waals surface area contributed by atoms with Gasteiger partial charge in [-0.3, -0.25) is 9.89 Å². The summed E-state index contributed by atoms with van der Waals surface area (Å²) in [6.45, 7) is 0. The Morgan fingerprint density at radius 2 is 2.32 bits per heavy atom. The monoisotopic (exact) mass is 261 g/mol. The second kappa shape index (κ2) is 5.43. The van der Waals surface area contributed by atoms with Crippen LogP contribution >= 0.6 is 0 Å². The molecule has 0 saturated heterocycles. The number of carboxylic acids is 1. The zero-order chi connectivity index (χ0) is 13.8. The van der Waals surface area contributed by atoms with Crippen LogP contribution in [0.5, 0.6) is 5.75 Å². The fourth-order valence-electron chi connectivity index (χ4n) is 1.91. The summed E-state index contributed by atoms with van der Waals surface area (Å²) in [6, 6.07) is 7.40. The number of methoxy groups -OCH3 is 1. The van der Waals surface area contributed by atoms with E-state index in [2.05, 4.69) is 10.2 Å². The minimum absolute atomic E-state index is 0.0264. The van der Waals surface area contributed by atoms with E-state index < -0.39 is 5.97 Å². The van der Waals surface area contributed by atoms with Gasteiger partial charge in [0.15, 0.2) is 5.82 Å². The SMILES string of the molecule is COc1cccc(-c2c(N)n[nH]c2CCC(=O)O)c1. The van der Waals surface area contributed by atoms with Gasteiger partial charge in [-0.05, 0) is 17.7 Å². The summed E-state index contributed by atoms with van der Waals surface area (Å²) < 4.78 is 5.17. The minimum Gasteiger partial charge on any atom is -0.497 e. The molecule has 2 rings (SSSR count). The molecular formula is C13H15N3O3. The van der Waals surface area contributed by atoms with Crippen LogP contribution in [0.25, 0.3) is 11.1 Å². The number of carbonyl (C=O) groups is 1. The second-order valence-electron chi connectivity index (χ2n) is 4.09. The summed E-state index contributed by atoms with van der Waals surface area (Å²) in [5.74, 6) is 0.209. The van der Waals surface area contributed by atoms with Crippen LogP contribution in [0.15, 0.2) is 24.3 Å². The Bertz CT molecular complexity index is 593. The maximum Gasteiger partial charge on any atom is 0.303 e. The average molecular weight is 261 g/mol. The van der Waals surface area contributed by atoms with Gasteiger partial charge in [0.25, 0.3) is 0 Å². The molecule has 2 aromatic rings. The molecule has 6 nitrogen and oxygen atoms in total. The van der Waals surface area contributed by atoms with Crippen molar-refractivity contribution in [2.24, 2.45) is 0 Å². The summed E-state index contributed by atoms with van der Waals surface area (Å²) >= 11 is 0. The number of aryl methyl sites for hydroxylation is 1. The van der Waals surface area contributed by atoms with Crippen molar-refractivity contribution in [3.8, 4) is 16.9 Å². The zero-order valence-corrected chi connectivity index (χ0v) is 10.5. The number of benzene rings is 1. The molecule has 6 heteroatoms. The highest BCUT2D eigenvalue weighted by Crippen LogP contribution is 2.30. The van der Waals surface area contributed by atoms with E-state index in [4.69, 9.17) is 15.6 Å². The Morgan fingerprint density at radius 1 is 1.53 bits per heavy atom. The number of nitrogen functional groups attached to an aromatic ring is 1. The zero-order valence-electron chi connectivity index (χ0n) is 10.5. The van der Waals surface area contributed by atoms with Crippen molar-refractivity contribution in [1.29, 1.82) is 0 Å². The fourth-order valence-corrected chi connectivity index (χ4v) is 1.91. The topological polar surface area (TPSA) is 101 Å². The van der Waals surface area contributed by atoms with Gasteiger partial charge in [0.2, 0.25) is 0 Å². The Kier molecular flexibility index (Phi) is 3.70. The molecule has 100 valence electrons. The number of aromatic nitrogens is 2. The van der Waals surface area contributed by atoms with E-state index >= 15 is 0 Å². The van der Waals surface area contributed by atoms with E-state index in [9.17, 15) is 4.79 Å². The molecule has 0 bridgehead atoms. The van der Waals surface area contributed by atoms with Gasteiger partial charge < -0.3 is 15.6 Å². The molecule has 1 heterocycles. The van der Waals surface area contributed by atoms with Crippen LogP contribution in [-0.4, -0.2) is 28.4 Å². The van der Waals surface area contributed by atoms with Crippen LogP contribution in [0.3, 0.4) is 0 Å². The molecule has 1 aromatic carbocycles. The smallest absolute Gasteiger partial charge is 0.303 e. The number of carboxylic acid groups (broad SMARTS) is 1. The number of H-pyrrole nitrogens is 1. The normalized spacial score (nSPS) is 10.4. The average Bonchev–Trinajstić information content (AvgIpc) is 2.77. The number of nitrogens with two attached hydrogens (primary N) is 1. The maximum absolute atomic E-state index is 10.6. The first-order chi connectivity index (χ1) is 9.11. The van der Waals surface area contributed by atoms with E-state index in [1.807, 2.05) is 24.3 Å². The summed E-state index contributed by atoms with van der Waals surface area (Å²) in [5.41, 5.74) is 8.15. The molecule has 0 aliphatic heterocycles. The third-order valence-electron chi connectivity index (χ3n) is 2.82. The van der Waals surface area contributed by atoms with Gasteiger partial charge in [0, 0.05) is 17.7 Å². The molecule has 0 aliphatic rings. The highest BCUT2D eigenvalue weighted by Gasteiger charge is 2.14. The van der Waals surface area contributed by atoms with Crippen LogP contribution in [-0.2, 0) is 11.2 Å². The Morgan fingerprint density at radius 3 is 3.00 bits per heavy atom. The van der Waals surface area contributed by atoms with Gasteiger partial charge >= 0.3 is 5.97 Å². The number of anilines is 1. The number of aliphatic carboxylic acids is 1. The molecule has 0 atom stereocenters. The van der Waals surface area contributed by atoms with Gasteiger partial charge in [-0.15, -0.1) is 0 Å². The van der Waals surface area contributed by atoms with E-state index in [0.29, 0.717) is 23.7 Å². The van der Waals surface area contributed by atoms with E-state index in [1.165, 1.54) is 0 Å². The molecular weight excluding hydrogens is 246 g/mol. The molecule has 0 saturated carbocycles. The van der Waals surface area contributed by atoms with E-state index in [0.717, 1.165) is 11.1 Å². The van der Waals surface area contributed by atoms with Crippen LogP contribution in [0, 0.1) is 0 Å². The summed E-state index contributed by atoms with van der Waals surface area (Å²) in [6.07, 6.45) is 0.380.